The zero-order chi connectivity index (χ0) is 15.2. The molecule has 1 aromatic carbocycles. The summed E-state index contributed by atoms with van der Waals surface area (Å²) in [7, 11) is -3.07. The molecule has 112 valence electrons. The van der Waals surface area contributed by atoms with Crippen molar-refractivity contribution in [2.24, 2.45) is 5.41 Å². The molecule has 3 nitrogen and oxygen atoms in total. The monoisotopic (exact) mass is 295 g/mol. The van der Waals surface area contributed by atoms with E-state index in [2.05, 4.69) is 43.4 Å². The van der Waals surface area contributed by atoms with E-state index in [1.54, 1.807) is 13.8 Å². The van der Waals surface area contributed by atoms with Crippen molar-refractivity contribution in [3.05, 3.63) is 35.4 Å². The molecule has 2 rings (SSSR count). The van der Waals surface area contributed by atoms with E-state index in [9.17, 15) is 8.42 Å². The van der Waals surface area contributed by atoms with Crippen molar-refractivity contribution in [3.8, 4) is 0 Å². The molecular formula is C16H25NO2S. The van der Waals surface area contributed by atoms with Crippen LogP contribution in [0.2, 0.25) is 0 Å². The molecule has 0 spiro atoms. The number of benzene rings is 1. The van der Waals surface area contributed by atoms with Crippen molar-refractivity contribution in [2.75, 3.05) is 12.8 Å². The fourth-order valence-electron chi connectivity index (χ4n) is 2.86. The number of rotatable bonds is 4. The molecule has 1 aliphatic carbocycles. The van der Waals surface area contributed by atoms with Gasteiger partial charge in [-0.1, -0.05) is 38.1 Å². The Kier molecular flexibility index (Phi) is 3.76. The van der Waals surface area contributed by atoms with E-state index >= 15 is 0 Å². The SMILES string of the molecule is CC1(C)Cc2ccccc2C1NCC(C)(C)S(C)(=O)=O. The van der Waals surface area contributed by atoms with E-state index < -0.39 is 14.6 Å². The van der Waals surface area contributed by atoms with Crippen molar-refractivity contribution in [3.63, 3.8) is 0 Å². The fraction of sp³-hybridized carbons (Fsp3) is 0.625. The van der Waals surface area contributed by atoms with Gasteiger partial charge in [0.2, 0.25) is 0 Å². The number of fused-ring (bicyclic) bond motifs is 1. The van der Waals surface area contributed by atoms with Crippen LogP contribution < -0.4 is 5.32 Å². The van der Waals surface area contributed by atoms with Crippen LogP contribution in [0.5, 0.6) is 0 Å². The van der Waals surface area contributed by atoms with Crippen LogP contribution in [0.1, 0.15) is 44.9 Å². The first kappa shape index (κ1) is 15.5. The van der Waals surface area contributed by atoms with Crippen LogP contribution in [0.15, 0.2) is 24.3 Å². The average Bonchev–Trinajstić information content (AvgIpc) is 2.54. The highest BCUT2D eigenvalue weighted by atomic mass is 32.2. The Morgan fingerprint density at radius 1 is 1.30 bits per heavy atom. The van der Waals surface area contributed by atoms with Crippen LogP contribution >= 0.6 is 0 Å². The predicted octanol–water partition coefficient (Wildman–Crippen LogP) is 2.72. The number of sulfone groups is 1. The van der Waals surface area contributed by atoms with Crippen LogP contribution in [0.3, 0.4) is 0 Å². The second-order valence-electron chi connectivity index (χ2n) is 7.21. The Bertz CT molecular complexity index is 603. The summed E-state index contributed by atoms with van der Waals surface area (Å²) in [5.41, 5.74) is 2.78. The summed E-state index contributed by atoms with van der Waals surface area (Å²) >= 11 is 0. The Labute approximate surface area is 122 Å². The average molecular weight is 295 g/mol. The lowest BCUT2D eigenvalue weighted by Crippen LogP contribution is -2.45. The summed E-state index contributed by atoms with van der Waals surface area (Å²) in [4.78, 5) is 0. The molecule has 0 amide bonds. The van der Waals surface area contributed by atoms with Gasteiger partial charge in [0.05, 0.1) is 4.75 Å². The molecule has 0 bridgehead atoms. The Hall–Kier alpha value is -0.870. The molecule has 1 unspecified atom stereocenters. The van der Waals surface area contributed by atoms with E-state index in [1.165, 1.54) is 17.4 Å². The maximum absolute atomic E-state index is 11.8. The maximum atomic E-state index is 11.8. The number of hydrogen-bond acceptors (Lipinski definition) is 3. The fourth-order valence-corrected chi connectivity index (χ4v) is 3.20. The highest BCUT2D eigenvalue weighted by molar-refractivity contribution is 7.92. The first-order valence-electron chi connectivity index (χ1n) is 7.05. The van der Waals surface area contributed by atoms with Gasteiger partial charge in [-0.15, -0.1) is 0 Å². The summed E-state index contributed by atoms with van der Waals surface area (Å²) in [5.74, 6) is 0. The third kappa shape index (κ3) is 2.77. The Morgan fingerprint density at radius 3 is 2.50 bits per heavy atom. The van der Waals surface area contributed by atoms with E-state index in [0.29, 0.717) is 6.54 Å². The normalized spacial score (nSPS) is 21.8. The minimum Gasteiger partial charge on any atom is -0.308 e. The quantitative estimate of drug-likeness (QED) is 0.929. The topological polar surface area (TPSA) is 46.2 Å². The van der Waals surface area contributed by atoms with E-state index in [0.717, 1.165) is 6.42 Å². The van der Waals surface area contributed by atoms with Crippen molar-refractivity contribution < 1.29 is 8.42 Å². The molecule has 1 aromatic rings. The highest BCUT2D eigenvalue weighted by Gasteiger charge is 2.40. The summed E-state index contributed by atoms with van der Waals surface area (Å²) in [6.07, 6.45) is 2.34. The first-order valence-corrected chi connectivity index (χ1v) is 8.94. The molecule has 1 atom stereocenters. The Balaban J connectivity index is 2.21. The van der Waals surface area contributed by atoms with E-state index in [4.69, 9.17) is 0 Å². The molecule has 1 N–H and O–H groups in total. The molecule has 0 saturated carbocycles. The highest BCUT2D eigenvalue weighted by Crippen LogP contribution is 2.45. The third-order valence-electron chi connectivity index (χ3n) is 4.53. The first-order chi connectivity index (χ1) is 9.05. The molecule has 20 heavy (non-hydrogen) atoms. The number of nitrogens with one attached hydrogen (secondary N) is 1. The van der Waals surface area contributed by atoms with Gasteiger partial charge in [-0.25, -0.2) is 8.42 Å². The van der Waals surface area contributed by atoms with Gasteiger partial charge < -0.3 is 5.32 Å². The molecule has 0 fully saturated rings. The van der Waals surface area contributed by atoms with Gasteiger partial charge in [0.1, 0.15) is 0 Å². The molecule has 0 aliphatic heterocycles. The van der Waals surface area contributed by atoms with Crippen LogP contribution in [0.25, 0.3) is 0 Å². The summed E-state index contributed by atoms with van der Waals surface area (Å²) in [6, 6.07) is 8.64. The number of hydrogen-bond donors (Lipinski definition) is 1. The van der Waals surface area contributed by atoms with E-state index in [1.807, 2.05) is 0 Å². The van der Waals surface area contributed by atoms with Crippen molar-refractivity contribution in [2.45, 2.75) is 44.9 Å². The predicted molar refractivity (Wildman–Crippen MR) is 83.6 cm³/mol. The maximum Gasteiger partial charge on any atom is 0.153 e. The second kappa shape index (κ2) is 4.85. The molecule has 0 aromatic heterocycles. The van der Waals surface area contributed by atoms with Crippen LogP contribution in [-0.4, -0.2) is 26.0 Å². The van der Waals surface area contributed by atoms with Gasteiger partial charge >= 0.3 is 0 Å². The van der Waals surface area contributed by atoms with Crippen molar-refractivity contribution in [1.82, 2.24) is 5.32 Å². The van der Waals surface area contributed by atoms with Gasteiger partial charge in [0.15, 0.2) is 9.84 Å². The van der Waals surface area contributed by atoms with Gasteiger partial charge in [0, 0.05) is 18.8 Å². The lowest BCUT2D eigenvalue weighted by atomic mass is 9.85. The van der Waals surface area contributed by atoms with Gasteiger partial charge in [-0.05, 0) is 36.8 Å². The molecular weight excluding hydrogens is 270 g/mol. The minimum atomic E-state index is -3.07. The van der Waals surface area contributed by atoms with Crippen LogP contribution in [0, 0.1) is 5.41 Å². The Morgan fingerprint density at radius 2 is 1.90 bits per heavy atom. The molecule has 0 saturated heterocycles. The summed E-state index contributed by atoms with van der Waals surface area (Å²) in [5, 5.41) is 3.50. The minimum absolute atomic E-state index is 0.108. The third-order valence-corrected chi connectivity index (χ3v) is 6.68. The molecule has 4 heteroatoms. The van der Waals surface area contributed by atoms with Gasteiger partial charge in [-0.3, -0.25) is 0 Å². The lowest BCUT2D eigenvalue weighted by Gasteiger charge is -2.32. The van der Waals surface area contributed by atoms with Gasteiger partial charge in [0.25, 0.3) is 0 Å². The standard InChI is InChI=1S/C16H25NO2S/c1-15(2)10-12-8-6-7-9-13(12)14(15)17-11-16(3,4)20(5,18)19/h6-9,14,17H,10-11H2,1-5H3. The largest absolute Gasteiger partial charge is 0.308 e. The summed E-state index contributed by atoms with van der Waals surface area (Å²) in [6.45, 7) is 8.50. The zero-order valence-electron chi connectivity index (χ0n) is 13.0. The smallest absolute Gasteiger partial charge is 0.153 e. The molecule has 0 radical (unpaired) electrons. The molecule has 0 heterocycles. The van der Waals surface area contributed by atoms with Crippen molar-refractivity contribution in [1.29, 1.82) is 0 Å². The molecule has 1 aliphatic rings. The van der Waals surface area contributed by atoms with Gasteiger partial charge in [-0.2, -0.15) is 0 Å². The second-order valence-corrected chi connectivity index (χ2v) is 9.86. The lowest BCUT2D eigenvalue weighted by molar-refractivity contribution is 0.264. The zero-order valence-corrected chi connectivity index (χ0v) is 13.8. The summed E-state index contributed by atoms with van der Waals surface area (Å²) < 4.78 is 22.9. The van der Waals surface area contributed by atoms with Crippen LogP contribution in [-0.2, 0) is 16.3 Å². The van der Waals surface area contributed by atoms with Crippen molar-refractivity contribution >= 4 is 9.84 Å². The van der Waals surface area contributed by atoms with Crippen LogP contribution in [0.4, 0.5) is 0 Å². The van der Waals surface area contributed by atoms with E-state index in [-0.39, 0.29) is 11.5 Å².